The van der Waals surface area contributed by atoms with E-state index in [1.165, 1.54) is 0 Å². The van der Waals surface area contributed by atoms with E-state index in [9.17, 15) is 0 Å². The first-order valence-electron chi connectivity index (χ1n) is 5.99. The van der Waals surface area contributed by atoms with Crippen molar-refractivity contribution in [2.45, 2.75) is 32.9 Å². The van der Waals surface area contributed by atoms with Crippen molar-refractivity contribution in [1.82, 2.24) is 19.6 Å². The summed E-state index contributed by atoms with van der Waals surface area (Å²) in [7, 11) is 1.91. The Balaban J connectivity index is 2.27. The fourth-order valence-corrected chi connectivity index (χ4v) is 2.57. The summed E-state index contributed by atoms with van der Waals surface area (Å²) in [6.07, 6.45) is 2.52. The number of nitrogens with two attached hydrogens (primary N) is 1. The molecule has 18 heavy (non-hydrogen) atoms. The minimum atomic E-state index is -0.0739. The van der Waals surface area contributed by atoms with Crippen LogP contribution in [0.4, 0.5) is 0 Å². The summed E-state index contributed by atoms with van der Waals surface area (Å²) in [6, 6.07) is 1.88. The van der Waals surface area contributed by atoms with Crippen LogP contribution in [0.3, 0.4) is 0 Å². The van der Waals surface area contributed by atoms with Crippen molar-refractivity contribution in [3.05, 3.63) is 33.8 Å². The summed E-state index contributed by atoms with van der Waals surface area (Å²) in [5.41, 5.74) is 9.43. The lowest BCUT2D eigenvalue weighted by Crippen LogP contribution is -2.19. The highest BCUT2D eigenvalue weighted by Crippen LogP contribution is 2.25. The maximum atomic E-state index is 6.25. The van der Waals surface area contributed by atoms with Crippen LogP contribution in [-0.4, -0.2) is 19.6 Å². The number of aromatic nitrogens is 4. The molecule has 1 atom stereocenters. The van der Waals surface area contributed by atoms with Gasteiger partial charge in [0.05, 0.1) is 27.6 Å². The second-order valence-corrected chi connectivity index (χ2v) is 5.15. The smallest absolute Gasteiger partial charge is 0.0738 e. The third-order valence-corrected chi connectivity index (χ3v) is 4.14. The molecule has 0 saturated heterocycles. The number of nitrogens with zero attached hydrogens (tertiary/aromatic N) is 4. The molecule has 6 heteroatoms. The van der Waals surface area contributed by atoms with Crippen molar-refractivity contribution >= 4 is 15.9 Å². The second kappa shape index (κ2) is 5.24. The van der Waals surface area contributed by atoms with Gasteiger partial charge in [0.2, 0.25) is 0 Å². The van der Waals surface area contributed by atoms with Crippen molar-refractivity contribution in [3.8, 4) is 0 Å². The number of halogens is 1. The summed E-state index contributed by atoms with van der Waals surface area (Å²) in [5, 5.41) is 8.63. The number of hydrogen-bond donors (Lipinski definition) is 1. The molecule has 0 aliphatic carbocycles. The summed E-state index contributed by atoms with van der Waals surface area (Å²) in [4.78, 5) is 0. The van der Waals surface area contributed by atoms with E-state index in [1.807, 2.05) is 29.4 Å². The SMILES string of the molecule is CCn1nc(C)c(Br)c1CC(N)c1ccnn1C. The molecule has 98 valence electrons. The van der Waals surface area contributed by atoms with E-state index in [0.29, 0.717) is 0 Å². The van der Waals surface area contributed by atoms with Crippen LogP contribution in [0, 0.1) is 6.92 Å². The topological polar surface area (TPSA) is 61.7 Å². The molecule has 0 aromatic carbocycles. The first-order chi connectivity index (χ1) is 8.54. The largest absolute Gasteiger partial charge is 0.322 e. The van der Waals surface area contributed by atoms with E-state index in [2.05, 4.69) is 33.1 Å². The predicted molar refractivity (Wildman–Crippen MR) is 74.2 cm³/mol. The molecule has 0 aliphatic heterocycles. The molecule has 0 fully saturated rings. The average Bonchev–Trinajstić information content (AvgIpc) is 2.87. The molecular weight excluding hydrogens is 294 g/mol. The molecule has 0 aliphatic rings. The lowest BCUT2D eigenvalue weighted by atomic mass is 10.1. The Morgan fingerprint density at radius 1 is 1.50 bits per heavy atom. The molecule has 0 radical (unpaired) electrons. The quantitative estimate of drug-likeness (QED) is 0.938. The van der Waals surface area contributed by atoms with E-state index >= 15 is 0 Å². The number of hydrogen-bond acceptors (Lipinski definition) is 3. The van der Waals surface area contributed by atoms with Crippen LogP contribution in [0.25, 0.3) is 0 Å². The van der Waals surface area contributed by atoms with Crippen LogP contribution in [-0.2, 0) is 20.0 Å². The van der Waals surface area contributed by atoms with Gasteiger partial charge in [0.1, 0.15) is 0 Å². The molecular formula is C12H18BrN5. The van der Waals surface area contributed by atoms with Gasteiger partial charge in [-0.3, -0.25) is 9.36 Å². The average molecular weight is 312 g/mol. The van der Waals surface area contributed by atoms with E-state index in [-0.39, 0.29) is 6.04 Å². The highest BCUT2D eigenvalue weighted by molar-refractivity contribution is 9.10. The standard InChI is InChI=1S/C12H18BrN5/c1-4-18-11(12(13)8(2)16-18)7-9(14)10-5-6-15-17(10)3/h5-6,9H,4,7,14H2,1-3H3. The maximum absolute atomic E-state index is 6.25. The molecule has 2 N–H and O–H groups in total. The zero-order chi connectivity index (χ0) is 13.3. The van der Waals surface area contributed by atoms with Crippen LogP contribution in [0.15, 0.2) is 16.7 Å². The summed E-state index contributed by atoms with van der Waals surface area (Å²) in [6.45, 7) is 4.92. The lowest BCUT2D eigenvalue weighted by Gasteiger charge is -2.13. The third-order valence-electron chi connectivity index (χ3n) is 3.10. The molecule has 2 aromatic rings. The first-order valence-corrected chi connectivity index (χ1v) is 6.79. The van der Waals surface area contributed by atoms with Gasteiger partial charge in [0.25, 0.3) is 0 Å². The lowest BCUT2D eigenvalue weighted by molar-refractivity contribution is 0.562. The Hall–Kier alpha value is -1.14. The fourth-order valence-electron chi connectivity index (χ4n) is 2.12. The normalized spacial score (nSPS) is 12.9. The number of rotatable bonds is 4. The molecule has 2 aromatic heterocycles. The Morgan fingerprint density at radius 3 is 2.78 bits per heavy atom. The predicted octanol–water partition coefficient (Wildman–Crippen LogP) is 1.95. The van der Waals surface area contributed by atoms with Crippen LogP contribution in [0.5, 0.6) is 0 Å². The van der Waals surface area contributed by atoms with Gasteiger partial charge in [-0.1, -0.05) is 0 Å². The van der Waals surface area contributed by atoms with Crippen molar-refractivity contribution in [2.75, 3.05) is 0 Å². The second-order valence-electron chi connectivity index (χ2n) is 4.35. The molecule has 2 rings (SSSR count). The highest BCUT2D eigenvalue weighted by atomic mass is 79.9. The Labute approximate surface area is 115 Å². The van der Waals surface area contributed by atoms with Crippen molar-refractivity contribution < 1.29 is 0 Å². The molecule has 0 spiro atoms. The van der Waals surface area contributed by atoms with E-state index in [1.54, 1.807) is 6.20 Å². The number of aryl methyl sites for hydroxylation is 3. The Morgan fingerprint density at radius 2 is 2.22 bits per heavy atom. The van der Waals surface area contributed by atoms with Gasteiger partial charge in [-0.2, -0.15) is 10.2 Å². The van der Waals surface area contributed by atoms with Crippen molar-refractivity contribution in [1.29, 1.82) is 0 Å². The Bertz CT molecular complexity index is 543. The van der Waals surface area contributed by atoms with Gasteiger partial charge in [-0.15, -0.1) is 0 Å². The van der Waals surface area contributed by atoms with Crippen molar-refractivity contribution in [3.63, 3.8) is 0 Å². The molecule has 5 nitrogen and oxygen atoms in total. The van der Waals surface area contributed by atoms with Crippen molar-refractivity contribution in [2.24, 2.45) is 12.8 Å². The first kappa shape index (κ1) is 13.3. The summed E-state index contributed by atoms with van der Waals surface area (Å²) >= 11 is 3.59. The zero-order valence-corrected chi connectivity index (χ0v) is 12.5. The van der Waals surface area contributed by atoms with Gasteiger partial charge < -0.3 is 5.73 Å². The molecule has 1 unspecified atom stereocenters. The highest BCUT2D eigenvalue weighted by Gasteiger charge is 2.18. The minimum absolute atomic E-state index is 0.0739. The van der Waals surface area contributed by atoms with E-state index < -0.39 is 0 Å². The van der Waals surface area contributed by atoms with Gasteiger partial charge in [-0.25, -0.2) is 0 Å². The molecule has 2 heterocycles. The Kier molecular flexibility index (Phi) is 3.87. The summed E-state index contributed by atoms with van der Waals surface area (Å²) < 4.78 is 4.87. The van der Waals surface area contributed by atoms with Gasteiger partial charge in [0.15, 0.2) is 0 Å². The van der Waals surface area contributed by atoms with E-state index in [4.69, 9.17) is 5.73 Å². The van der Waals surface area contributed by atoms with Gasteiger partial charge in [-0.05, 0) is 35.8 Å². The third kappa shape index (κ3) is 2.35. The fraction of sp³-hybridized carbons (Fsp3) is 0.500. The monoisotopic (exact) mass is 311 g/mol. The van der Waals surface area contributed by atoms with Gasteiger partial charge in [0, 0.05) is 26.2 Å². The van der Waals surface area contributed by atoms with Crippen LogP contribution < -0.4 is 5.73 Å². The molecule has 0 saturated carbocycles. The van der Waals surface area contributed by atoms with Gasteiger partial charge >= 0.3 is 0 Å². The summed E-state index contributed by atoms with van der Waals surface area (Å²) in [5.74, 6) is 0. The molecule has 0 amide bonds. The maximum Gasteiger partial charge on any atom is 0.0738 e. The minimum Gasteiger partial charge on any atom is -0.322 e. The zero-order valence-electron chi connectivity index (χ0n) is 10.9. The van der Waals surface area contributed by atoms with Crippen LogP contribution in [0.1, 0.15) is 30.0 Å². The molecule has 0 bridgehead atoms. The van der Waals surface area contributed by atoms with Crippen LogP contribution in [0.2, 0.25) is 0 Å². The van der Waals surface area contributed by atoms with Crippen LogP contribution >= 0.6 is 15.9 Å². The van der Waals surface area contributed by atoms with E-state index in [0.717, 1.165) is 34.5 Å².